The topological polar surface area (TPSA) is 27.7 Å². The standard InChI is InChI=1S/C19H21BClFO3/c1-18(2)19(3,4)25-20(24-18)14-8-9-17(16(21)11-14)23-12-13-6-5-7-15(22)10-13/h5-11H,12H2,1-4H3. The molecule has 1 aliphatic heterocycles. The molecule has 1 heterocycles. The first kappa shape index (κ1) is 18.2. The van der Waals surface area contributed by atoms with Crippen molar-refractivity contribution in [1.29, 1.82) is 0 Å². The predicted octanol–water partition coefficient (Wildman–Crippen LogP) is 4.36. The number of hydrogen-bond acceptors (Lipinski definition) is 3. The molecule has 2 aromatic carbocycles. The molecule has 0 unspecified atom stereocenters. The van der Waals surface area contributed by atoms with E-state index < -0.39 is 18.3 Å². The maximum Gasteiger partial charge on any atom is 0.494 e. The summed E-state index contributed by atoms with van der Waals surface area (Å²) in [6.07, 6.45) is 0. The van der Waals surface area contributed by atoms with E-state index in [1.54, 1.807) is 24.3 Å². The minimum atomic E-state index is -0.472. The second kappa shape index (κ2) is 6.63. The third kappa shape index (κ3) is 3.84. The summed E-state index contributed by atoms with van der Waals surface area (Å²) in [5.41, 5.74) is 0.765. The summed E-state index contributed by atoms with van der Waals surface area (Å²) >= 11 is 6.34. The molecule has 0 aromatic heterocycles. The van der Waals surface area contributed by atoms with E-state index in [1.165, 1.54) is 12.1 Å². The molecule has 3 rings (SSSR count). The van der Waals surface area contributed by atoms with Crippen LogP contribution in [0, 0.1) is 5.82 Å². The fraction of sp³-hybridized carbons (Fsp3) is 0.368. The quantitative estimate of drug-likeness (QED) is 0.757. The third-order valence-electron chi connectivity index (χ3n) is 4.76. The number of halogens is 2. The Morgan fingerprint density at radius 3 is 2.32 bits per heavy atom. The summed E-state index contributed by atoms with van der Waals surface area (Å²) in [4.78, 5) is 0. The van der Waals surface area contributed by atoms with Gasteiger partial charge in [0.25, 0.3) is 0 Å². The van der Waals surface area contributed by atoms with Gasteiger partial charge in [-0.3, -0.25) is 0 Å². The number of benzene rings is 2. The van der Waals surface area contributed by atoms with Crippen molar-refractivity contribution < 1.29 is 18.4 Å². The molecule has 1 aliphatic rings. The van der Waals surface area contributed by atoms with E-state index in [2.05, 4.69) is 0 Å². The summed E-state index contributed by atoms with van der Waals surface area (Å²) in [7, 11) is -0.472. The maximum absolute atomic E-state index is 13.2. The van der Waals surface area contributed by atoms with E-state index >= 15 is 0 Å². The molecule has 0 atom stereocenters. The van der Waals surface area contributed by atoms with Crippen LogP contribution in [-0.4, -0.2) is 18.3 Å². The number of rotatable bonds is 4. The molecule has 0 bridgehead atoms. The molecule has 132 valence electrons. The zero-order chi connectivity index (χ0) is 18.2. The van der Waals surface area contributed by atoms with Gasteiger partial charge in [0.2, 0.25) is 0 Å². The molecule has 6 heteroatoms. The predicted molar refractivity (Wildman–Crippen MR) is 97.9 cm³/mol. The lowest BCUT2D eigenvalue weighted by Crippen LogP contribution is -2.41. The highest BCUT2D eigenvalue weighted by molar-refractivity contribution is 6.62. The summed E-state index contributed by atoms with van der Waals surface area (Å²) in [6.45, 7) is 8.26. The van der Waals surface area contributed by atoms with Crippen LogP contribution in [0.15, 0.2) is 42.5 Å². The summed E-state index contributed by atoms with van der Waals surface area (Å²) in [5, 5.41) is 0.462. The average Bonchev–Trinajstić information content (AvgIpc) is 2.74. The zero-order valence-electron chi connectivity index (χ0n) is 14.8. The normalized spacial score (nSPS) is 18.4. The second-order valence-electron chi connectivity index (χ2n) is 7.20. The van der Waals surface area contributed by atoms with Crippen molar-refractivity contribution in [3.05, 3.63) is 58.9 Å². The zero-order valence-corrected chi connectivity index (χ0v) is 15.6. The Labute approximate surface area is 153 Å². The second-order valence-corrected chi connectivity index (χ2v) is 7.60. The molecule has 0 aliphatic carbocycles. The maximum atomic E-state index is 13.2. The molecule has 2 aromatic rings. The van der Waals surface area contributed by atoms with Gasteiger partial charge in [-0.2, -0.15) is 0 Å². The molecule has 25 heavy (non-hydrogen) atoms. The van der Waals surface area contributed by atoms with Crippen LogP contribution in [0.1, 0.15) is 33.3 Å². The molecular weight excluding hydrogens is 341 g/mol. The fourth-order valence-electron chi connectivity index (χ4n) is 2.55. The molecule has 0 saturated carbocycles. The highest BCUT2D eigenvalue weighted by atomic mass is 35.5. The average molecular weight is 363 g/mol. The van der Waals surface area contributed by atoms with E-state index in [0.717, 1.165) is 11.0 Å². The number of hydrogen-bond donors (Lipinski definition) is 0. The van der Waals surface area contributed by atoms with Crippen LogP contribution in [0.4, 0.5) is 4.39 Å². The van der Waals surface area contributed by atoms with Crippen LogP contribution >= 0.6 is 11.6 Å². The first-order valence-corrected chi connectivity index (χ1v) is 8.58. The lowest BCUT2D eigenvalue weighted by molar-refractivity contribution is 0.00578. The van der Waals surface area contributed by atoms with Gasteiger partial charge in [0.05, 0.1) is 16.2 Å². The Balaban J connectivity index is 1.71. The highest BCUT2D eigenvalue weighted by Gasteiger charge is 2.51. The van der Waals surface area contributed by atoms with Gasteiger partial charge in [-0.05, 0) is 63.0 Å². The molecule has 0 amide bonds. The first-order chi connectivity index (χ1) is 11.7. The SMILES string of the molecule is CC1(C)OB(c2ccc(OCc3cccc(F)c3)c(Cl)c2)OC1(C)C. The van der Waals surface area contributed by atoms with E-state index in [1.807, 2.05) is 33.8 Å². The van der Waals surface area contributed by atoms with Gasteiger partial charge in [0, 0.05) is 0 Å². The third-order valence-corrected chi connectivity index (χ3v) is 5.06. The molecule has 1 saturated heterocycles. The minimum absolute atomic E-state index is 0.243. The Bertz CT molecular complexity index is 763. The Morgan fingerprint density at radius 1 is 1.04 bits per heavy atom. The van der Waals surface area contributed by atoms with E-state index in [9.17, 15) is 4.39 Å². The molecule has 0 radical (unpaired) electrons. The smallest absolute Gasteiger partial charge is 0.487 e. The van der Waals surface area contributed by atoms with Crippen LogP contribution in [0.2, 0.25) is 5.02 Å². The summed E-state index contributed by atoms with van der Waals surface area (Å²) in [6, 6.07) is 11.7. The van der Waals surface area contributed by atoms with Crippen LogP contribution in [0.3, 0.4) is 0 Å². The van der Waals surface area contributed by atoms with Gasteiger partial charge in [0.1, 0.15) is 18.2 Å². The lowest BCUT2D eigenvalue weighted by Gasteiger charge is -2.32. The monoisotopic (exact) mass is 362 g/mol. The minimum Gasteiger partial charge on any atom is -0.487 e. The first-order valence-electron chi connectivity index (χ1n) is 8.20. The van der Waals surface area contributed by atoms with Gasteiger partial charge < -0.3 is 14.0 Å². The van der Waals surface area contributed by atoms with Crippen molar-refractivity contribution in [3.63, 3.8) is 0 Å². The Kier molecular flexibility index (Phi) is 4.84. The van der Waals surface area contributed by atoms with Gasteiger partial charge in [-0.25, -0.2) is 4.39 Å². The van der Waals surface area contributed by atoms with Crippen molar-refractivity contribution in [1.82, 2.24) is 0 Å². The lowest BCUT2D eigenvalue weighted by atomic mass is 9.79. The fourth-order valence-corrected chi connectivity index (χ4v) is 2.79. The van der Waals surface area contributed by atoms with Crippen LogP contribution in [0.5, 0.6) is 5.75 Å². The molecule has 0 N–H and O–H groups in total. The molecular formula is C19H21BClFO3. The van der Waals surface area contributed by atoms with E-state index in [4.69, 9.17) is 25.6 Å². The highest BCUT2D eigenvalue weighted by Crippen LogP contribution is 2.37. The molecule has 0 spiro atoms. The van der Waals surface area contributed by atoms with Crippen LogP contribution in [-0.2, 0) is 15.9 Å². The van der Waals surface area contributed by atoms with Gasteiger partial charge in [0.15, 0.2) is 0 Å². The van der Waals surface area contributed by atoms with Crippen molar-refractivity contribution in [3.8, 4) is 5.75 Å². The van der Waals surface area contributed by atoms with Crippen LogP contribution in [0.25, 0.3) is 0 Å². The Hall–Kier alpha value is -1.56. The molecule has 3 nitrogen and oxygen atoms in total. The van der Waals surface area contributed by atoms with Crippen LogP contribution < -0.4 is 10.2 Å². The van der Waals surface area contributed by atoms with E-state index in [-0.39, 0.29) is 12.4 Å². The summed E-state index contributed by atoms with van der Waals surface area (Å²) in [5.74, 6) is 0.245. The van der Waals surface area contributed by atoms with Gasteiger partial charge in [-0.1, -0.05) is 29.8 Å². The van der Waals surface area contributed by atoms with Gasteiger partial charge >= 0.3 is 7.12 Å². The Morgan fingerprint density at radius 2 is 1.72 bits per heavy atom. The van der Waals surface area contributed by atoms with Crippen molar-refractivity contribution in [2.45, 2.75) is 45.5 Å². The van der Waals surface area contributed by atoms with E-state index in [0.29, 0.717) is 10.8 Å². The van der Waals surface area contributed by atoms with Crippen molar-refractivity contribution >= 4 is 24.2 Å². The van der Waals surface area contributed by atoms with Crippen molar-refractivity contribution in [2.24, 2.45) is 0 Å². The molecule has 1 fully saturated rings. The van der Waals surface area contributed by atoms with Gasteiger partial charge in [-0.15, -0.1) is 0 Å². The summed E-state index contributed by atoms with van der Waals surface area (Å²) < 4.78 is 31.0. The number of ether oxygens (including phenoxy) is 1. The van der Waals surface area contributed by atoms with Crippen molar-refractivity contribution in [2.75, 3.05) is 0 Å². The largest absolute Gasteiger partial charge is 0.494 e.